The maximum atomic E-state index is 13.5. The molecular weight excluding hydrogens is 170 g/mol. The Balaban J connectivity index is 2.08. The highest BCUT2D eigenvalue weighted by atomic mass is 19.3. The van der Waals surface area contributed by atoms with Crippen molar-refractivity contribution < 1.29 is 8.78 Å². The van der Waals surface area contributed by atoms with Crippen LogP contribution >= 0.6 is 0 Å². The number of hydrogen-bond donors (Lipinski definition) is 0. The van der Waals surface area contributed by atoms with Crippen LogP contribution in [0.15, 0.2) is 0 Å². The molecule has 0 aromatic rings. The van der Waals surface area contributed by atoms with Gasteiger partial charge in [-0.15, -0.1) is 0 Å². The van der Waals surface area contributed by atoms with E-state index in [2.05, 4.69) is 13.8 Å². The quantitative estimate of drug-likeness (QED) is 0.586. The lowest BCUT2D eigenvalue weighted by Crippen LogP contribution is -2.38. The van der Waals surface area contributed by atoms with E-state index < -0.39 is 11.3 Å². The Bertz CT molecular complexity index is 204. The van der Waals surface area contributed by atoms with Crippen molar-refractivity contribution in [2.24, 2.45) is 17.3 Å². The number of hydrogen-bond acceptors (Lipinski definition) is 0. The molecule has 0 nitrogen and oxygen atoms in total. The van der Waals surface area contributed by atoms with Crippen LogP contribution in [0.25, 0.3) is 0 Å². The third kappa shape index (κ3) is 1.38. The van der Waals surface area contributed by atoms with Gasteiger partial charge in [-0.2, -0.15) is 0 Å². The molecule has 2 saturated carbocycles. The maximum Gasteiger partial charge on any atom is 0.253 e. The molecule has 2 rings (SSSR count). The Hall–Kier alpha value is -0.140. The van der Waals surface area contributed by atoms with Gasteiger partial charge in [-0.25, -0.2) is 8.78 Å². The fourth-order valence-corrected chi connectivity index (χ4v) is 2.67. The van der Waals surface area contributed by atoms with Gasteiger partial charge >= 0.3 is 0 Å². The standard InChI is InChI=1S/C11H18F2/c1-8(2)9-3-4-11(12,13)10(7-9)5-6-10/h8-9H,3-7H2,1-2H3. The lowest BCUT2D eigenvalue weighted by molar-refractivity contribution is -0.117. The minimum Gasteiger partial charge on any atom is -0.206 e. The third-order valence-electron chi connectivity index (χ3n) is 4.05. The molecule has 1 atom stereocenters. The minimum absolute atomic E-state index is 0.135. The fourth-order valence-electron chi connectivity index (χ4n) is 2.67. The summed E-state index contributed by atoms with van der Waals surface area (Å²) in [6.45, 7) is 4.31. The van der Waals surface area contributed by atoms with Crippen LogP contribution in [0, 0.1) is 17.3 Å². The topological polar surface area (TPSA) is 0 Å². The van der Waals surface area contributed by atoms with E-state index in [-0.39, 0.29) is 6.42 Å². The number of halogens is 2. The second-order valence-electron chi connectivity index (χ2n) is 5.23. The van der Waals surface area contributed by atoms with Crippen molar-refractivity contribution in [1.82, 2.24) is 0 Å². The van der Waals surface area contributed by atoms with Gasteiger partial charge in [0.15, 0.2) is 0 Å². The predicted molar refractivity (Wildman–Crippen MR) is 48.8 cm³/mol. The first-order valence-corrected chi connectivity index (χ1v) is 5.35. The second kappa shape index (κ2) is 2.68. The van der Waals surface area contributed by atoms with Crippen LogP contribution in [0.3, 0.4) is 0 Å². The van der Waals surface area contributed by atoms with Crippen LogP contribution < -0.4 is 0 Å². The summed E-state index contributed by atoms with van der Waals surface area (Å²) in [5, 5.41) is 0. The van der Waals surface area contributed by atoms with E-state index in [4.69, 9.17) is 0 Å². The van der Waals surface area contributed by atoms with Crippen LogP contribution in [0.5, 0.6) is 0 Å². The third-order valence-corrected chi connectivity index (χ3v) is 4.05. The lowest BCUT2D eigenvalue weighted by Gasteiger charge is -2.38. The Labute approximate surface area is 78.7 Å². The smallest absolute Gasteiger partial charge is 0.206 e. The summed E-state index contributed by atoms with van der Waals surface area (Å²) in [5.74, 6) is -1.23. The van der Waals surface area contributed by atoms with E-state index in [1.54, 1.807) is 0 Å². The van der Waals surface area contributed by atoms with Crippen LogP contribution in [0.4, 0.5) is 8.78 Å². The highest BCUT2D eigenvalue weighted by Crippen LogP contribution is 2.65. The van der Waals surface area contributed by atoms with Crippen molar-refractivity contribution >= 4 is 0 Å². The largest absolute Gasteiger partial charge is 0.253 e. The predicted octanol–water partition coefficient (Wildman–Crippen LogP) is 3.86. The van der Waals surface area contributed by atoms with E-state index >= 15 is 0 Å². The van der Waals surface area contributed by atoms with Gasteiger partial charge in [0, 0.05) is 11.8 Å². The van der Waals surface area contributed by atoms with Crippen molar-refractivity contribution in [2.75, 3.05) is 0 Å². The number of rotatable bonds is 1. The molecule has 2 aliphatic rings. The molecule has 13 heavy (non-hydrogen) atoms. The summed E-state index contributed by atoms with van der Waals surface area (Å²) in [7, 11) is 0. The molecule has 0 aromatic carbocycles. The Kier molecular flexibility index (Phi) is 1.94. The highest BCUT2D eigenvalue weighted by molar-refractivity contribution is 5.07. The zero-order valence-corrected chi connectivity index (χ0v) is 8.45. The summed E-state index contributed by atoms with van der Waals surface area (Å²) < 4.78 is 27.0. The van der Waals surface area contributed by atoms with Gasteiger partial charge in [0.05, 0.1) is 0 Å². The fraction of sp³-hybridized carbons (Fsp3) is 1.00. The highest BCUT2D eigenvalue weighted by Gasteiger charge is 2.63. The van der Waals surface area contributed by atoms with Gasteiger partial charge < -0.3 is 0 Å². The Morgan fingerprint density at radius 3 is 2.23 bits per heavy atom. The molecule has 1 unspecified atom stereocenters. The van der Waals surface area contributed by atoms with E-state index in [1.807, 2.05) is 0 Å². The maximum absolute atomic E-state index is 13.5. The van der Waals surface area contributed by atoms with Crippen molar-refractivity contribution in [3.05, 3.63) is 0 Å². The second-order valence-corrected chi connectivity index (χ2v) is 5.23. The van der Waals surface area contributed by atoms with Gasteiger partial charge in [0.25, 0.3) is 5.92 Å². The lowest BCUT2D eigenvalue weighted by atomic mass is 9.72. The molecule has 2 fully saturated rings. The van der Waals surface area contributed by atoms with Crippen LogP contribution in [0.2, 0.25) is 0 Å². The molecule has 0 aliphatic heterocycles. The normalized spacial score (nSPS) is 35.3. The molecule has 2 aliphatic carbocycles. The van der Waals surface area contributed by atoms with E-state index in [1.165, 1.54) is 0 Å². The zero-order chi connectivity index (χ0) is 9.69. The summed E-state index contributed by atoms with van der Waals surface area (Å²) in [5.41, 5.74) is -0.555. The average molecular weight is 188 g/mol. The van der Waals surface area contributed by atoms with E-state index in [9.17, 15) is 8.78 Å². The molecular formula is C11H18F2. The van der Waals surface area contributed by atoms with Crippen LogP contribution in [-0.2, 0) is 0 Å². The molecule has 0 bridgehead atoms. The molecule has 0 aromatic heterocycles. The molecule has 2 heteroatoms. The monoisotopic (exact) mass is 188 g/mol. The summed E-state index contributed by atoms with van der Waals surface area (Å²) >= 11 is 0. The van der Waals surface area contributed by atoms with Gasteiger partial charge in [0.1, 0.15) is 0 Å². The Morgan fingerprint density at radius 1 is 1.15 bits per heavy atom. The average Bonchev–Trinajstić information content (AvgIpc) is 2.76. The molecule has 1 spiro atoms. The van der Waals surface area contributed by atoms with Gasteiger partial charge in [0.2, 0.25) is 0 Å². The molecule has 0 N–H and O–H groups in total. The summed E-state index contributed by atoms with van der Waals surface area (Å²) in [6.07, 6.45) is 3.17. The van der Waals surface area contributed by atoms with Crippen LogP contribution in [-0.4, -0.2) is 5.92 Å². The minimum atomic E-state index is -2.35. The van der Waals surface area contributed by atoms with Crippen molar-refractivity contribution in [1.29, 1.82) is 0 Å². The number of alkyl halides is 2. The van der Waals surface area contributed by atoms with Crippen LogP contribution in [0.1, 0.15) is 46.0 Å². The molecule has 0 radical (unpaired) electrons. The molecule has 76 valence electrons. The van der Waals surface area contributed by atoms with E-state index in [0.717, 1.165) is 25.7 Å². The summed E-state index contributed by atoms with van der Waals surface area (Å²) in [6, 6.07) is 0. The molecule has 0 amide bonds. The van der Waals surface area contributed by atoms with E-state index in [0.29, 0.717) is 11.8 Å². The first kappa shape index (κ1) is 9.42. The zero-order valence-electron chi connectivity index (χ0n) is 8.45. The first-order valence-electron chi connectivity index (χ1n) is 5.35. The first-order chi connectivity index (χ1) is 5.97. The SMILES string of the molecule is CC(C)C1CCC(F)(F)C2(CC2)C1. The summed E-state index contributed by atoms with van der Waals surface area (Å²) in [4.78, 5) is 0. The van der Waals surface area contributed by atoms with Gasteiger partial charge in [-0.3, -0.25) is 0 Å². The molecule has 0 heterocycles. The van der Waals surface area contributed by atoms with Crippen molar-refractivity contribution in [3.8, 4) is 0 Å². The van der Waals surface area contributed by atoms with Crippen molar-refractivity contribution in [3.63, 3.8) is 0 Å². The molecule has 0 saturated heterocycles. The van der Waals surface area contributed by atoms with Gasteiger partial charge in [-0.1, -0.05) is 13.8 Å². The van der Waals surface area contributed by atoms with Gasteiger partial charge in [-0.05, 0) is 37.5 Å². The van der Waals surface area contributed by atoms with Crippen molar-refractivity contribution in [2.45, 2.75) is 51.9 Å². The Morgan fingerprint density at radius 2 is 1.77 bits per heavy atom.